The van der Waals surface area contributed by atoms with Gasteiger partial charge < -0.3 is 16.0 Å². The molecule has 2 heterocycles. The van der Waals surface area contributed by atoms with E-state index in [2.05, 4.69) is 10.4 Å². The first-order chi connectivity index (χ1) is 12.1. The standard InChI is InChI=1S/C18H23N5O2/c1-2-16-15(11-20-23(16)14-8-4-3-5-9-14)21-18(25)22-10-6-7-13(12-22)17(19)24/h3-5,8-9,11,13H,2,6-7,10,12H2,1H3,(H2,19,24)(H,21,25)/t13-/m1/s1. The first kappa shape index (κ1) is 17.0. The van der Waals surface area contributed by atoms with Gasteiger partial charge in [0, 0.05) is 13.1 Å². The molecule has 2 aromatic rings. The molecule has 0 spiro atoms. The molecular formula is C18H23N5O2. The maximum absolute atomic E-state index is 12.6. The number of nitrogens with two attached hydrogens (primary N) is 1. The summed E-state index contributed by atoms with van der Waals surface area (Å²) in [5, 5.41) is 7.34. The Kier molecular flexibility index (Phi) is 5.02. The highest BCUT2D eigenvalue weighted by Crippen LogP contribution is 2.22. The minimum atomic E-state index is -0.344. The first-order valence-corrected chi connectivity index (χ1v) is 8.57. The fourth-order valence-corrected chi connectivity index (χ4v) is 3.20. The lowest BCUT2D eigenvalue weighted by Crippen LogP contribution is -2.45. The lowest BCUT2D eigenvalue weighted by atomic mass is 9.98. The highest BCUT2D eigenvalue weighted by atomic mass is 16.2. The largest absolute Gasteiger partial charge is 0.369 e. The molecular weight excluding hydrogens is 318 g/mol. The van der Waals surface area contributed by atoms with E-state index < -0.39 is 0 Å². The van der Waals surface area contributed by atoms with Gasteiger partial charge >= 0.3 is 6.03 Å². The normalized spacial score (nSPS) is 17.3. The van der Waals surface area contributed by atoms with Crippen LogP contribution in [0.4, 0.5) is 10.5 Å². The zero-order valence-corrected chi connectivity index (χ0v) is 14.3. The number of primary amides is 1. The lowest BCUT2D eigenvalue weighted by molar-refractivity contribution is -0.123. The number of rotatable bonds is 4. The van der Waals surface area contributed by atoms with Crippen molar-refractivity contribution in [1.29, 1.82) is 0 Å². The molecule has 25 heavy (non-hydrogen) atoms. The molecule has 0 unspecified atom stereocenters. The molecule has 3 rings (SSSR count). The van der Waals surface area contributed by atoms with Gasteiger partial charge in [-0.25, -0.2) is 9.48 Å². The highest BCUT2D eigenvalue weighted by molar-refractivity contribution is 5.90. The molecule has 7 nitrogen and oxygen atoms in total. The Balaban J connectivity index is 1.76. The number of likely N-dealkylation sites (tertiary alicyclic amines) is 1. The predicted molar refractivity (Wildman–Crippen MR) is 95.5 cm³/mol. The monoisotopic (exact) mass is 341 g/mol. The Morgan fingerprint density at radius 3 is 2.76 bits per heavy atom. The summed E-state index contributed by atoms with van der Waals surface area (Å²) in [6, 6.07) is 9.58. The van der Waals surface area contributed by atoms with Crippen LogP contribution in [0.2, 0.25) is 0 Å². The van der Waals surface area contributed by atoms with Crippen molar-refractivity contribution in [3.63, 3.8) is 0 Å². The van der Waals surface area contributed by atoms with Gasteiger partial charge in [0.1, 0.15) is 0 Å². The molecule has 1 atom stereocenters. The second kappa shape index (κ2) is 7.38. The van der Waals surface area contributed by atoms with E-state index in [9.17, 15) is 9.59 Å². The van der Waals surface area contributed by atoms with Crippen LogP contribution in [0.25, 0.3) is 5.69 Å². The van der Waals surface area contributed by atoms with E-state index in [1.807, 2.05) is 41.9 Å². The minimum Gasteiger partial charge on any atom is -0.369 e. The molecule has 3 amide bonds. The zero-order chi connectivity index (χ0) is 17.8. The van der Waals surface area contributed by atoms with Crippen LogP contribution in [0.15, 0.2) is 36.5 Å². The molecule has 132 valence electrons. The summed E-state index contributed by atoms with van der Waals surface area (Å²) in [5.74, 6) is -0.610. The number of amides is 3. The van der Waals surface area contributed by atoms with E-state index in [1.165, 1.54) is 0 Å². The Morgan fingerprint density at radius 2 is 2.08 bits per heavy atom. The third-order valence-corrected chi connectivity index (χ3v) is 4.56. The second-order valence-electron chi connectivity index (χ2n) is 6.22. The molecule has 0 saturated carbocycles. The molecule has 0 bridgehead atoms. The second-order valence-corrected chi connectivity index (χ2v) is 6.22. The Labute approximate surface area is 146 Å². The molecule has 1 aliphatic rings. The SMILES string of the molecule is CCc1c(NC(=O)N2CCC[C@@H](C(N)=O)C2)cnn1-c1ccccc1. The maximum Gasteiger partial charge on any atom is 0.321 e. The highest BCUT2D eigenvalue weighted by Gasteiger charge is 2.27. The van der Waals surface area contributed by atoms with Gasteiger partial charge in [-0.05, 0) is 31.4 Å². The Bertz CT molecular complexity index is 756. The van der Waals surface area contributed by atoms with Crippen molar-refractivity contribution < 1.29 is 9.59 Å². The number of anilines is 1. The molecule has 3 N–H and O–H groups in total. The van der Waals surface area contributed by atoms with E-state index in [-0.39, 0.29) is 17.9 Å². The van der Waals surface area contributed by atoms with Crippen molar-refractivity contribution in [3.8, 4) is 5.69 Å². The topological polar surface area (TPSA) is 93.2 Å². The summed E-state index contributed by atoms with van der Waals surface area (Å²) >= 11 is 0. The zero-order valence-electron chi connectivity index (χ0n) is 14.3. The van der Waals surface area contributed by atoms with Gasteiger partial charge in [-0.3, -0.25) is 4.79 Å². The molecule has 0 radical (unpaired) electrons. The number of benzene rings is 1. The van der Waals surface area contributed by atoms with Gasteiger partial charge in [0.25, 0.3) is 0 Å². The Hall–Kier alpha value is -2.83. The molecule has 1 fully saturated rings. The molecule has 1 aromatic heterocycles. The summed E-state index contributed by atoms with van der Waals surface area (Å²) < 4.78 is 1.83. The maximum atomic E-state index is 12.6. The lowest BCUT2D eigenvalue weighted by Gasteiger charge is -2.31. The van der Waals surface area contributed by atoms with E-state index in [1.54, 1.807) is 11.1 Å². The van der Waals surface area contributed by atoms with Gasteiger partial charge in [-0.1, -0.05) is 25.1 Å². The summed E-state index contributed by atoms with van der Waals surface area (Å²) in [6.07, 6.45) is 3.92. The van der Waals surface area contributed by atoms with E-state index >= 15 is 0 Å². The van der Waals surface area contributed by atoms with Crippen molar-refractivity contribution in [1.82, 2.24) is 14.7 Å². The number of aromatic nitrogens is 2. The van der Waals surface area contributed by atoms with Crippen molar-refractivity contribution >= 4 is 17.6 Å². The number of piperidine rings is 1. The third-order valence-electron chi connectivity index (χ3n) is 4.56. The Morgan fingerprint density at radius 1 is 1.32 bits per heavy atom. The fourth-order valence-electron chi connectivity index (χ4n) is 3.20. The van der Waals surface area contributed by atoms with Gasteiger partial charge in [0.2, 0.25) is 5.91 Å². The van der Waals surface area contributed by atoms with Crippen LogP contribution in [-0.2, 0) is 11.2 Å². The minimum absolute atomic E-state index is 0.215. The van der Waals surface area contributed by atoms with E-state index in [0.29, 0.717) is 18.8 Å². The molecule has 7 heteroatoms. The van der Waals surface area contributed by atoms with Gasteiger partial charge in [0.15, 0.2) is 0 Å². The van der Waals surface area contributed by atoms with Crippen LogP contribution >= 0.6 is 0 Å². The molecule has 1 saturated heterocycles. The van der Waals surface area contributed by atoms with Gasteiger partial charge in [0.05, 0.1) is 29.2 Å². The average molecular weight is 341 g/mol. The average Bonchev–Trinajstić information content (AvgIpc) is 3.05. The van der Waals surface area contributed by atoms with Crippen LogP contribution in [0.5, 0.6) is 0 Å². The quantitative estimate of drug-likeness (QED) is 0.892. The van der Waals surface area contributed by atoms with Crippen LogP contribution in [0.3, 0.4) is 0 Å². The van der Waals surface area contributed by atoms with Gasteiger partial charge in [-0.15, -0.1) is 0 Å². The summed E-state index contributed by atoms with van der Waals surface area (Å²) in [6.45, 7) is 3.02. The van der Waals surface area contributed by atoms with Crippen molar-refractivity contribution in [2.75, 3.05) is 18.4 Å². The number of hydrogen-bond donors (Lipinski definition) is 2. The molecule has 1 aliphatic heterocycles. The summed E-state index contributed by atoms with van der Waals surface area (Å²) in [4.78, 5) is 25.6. The number of carbonyl (C=O) groups is 2. The van der Waals surface area contributed by atoms with Crippen LogP contribution in [0, 0.1) is 5.92 Å². The molecule has 0 aliphatic carbocycles. The smallest absolute Gasteiger partial charge is 0.321 e. The van der Waals surface area contributed by atoms with Crippen LogP contribution < -0.4 is 11.1 Å². The summed E-state index contributed by atoms with van der Waals surface area (Å²) in [5.41, 5.74) is 7.96. The number of para-hydroxylation sites is 1. The van der Waals surface area contributed by atoms with Gasteiger partial charge in [-0.2, -0.15) is 5.10 Å². The van der Waals surface area contributed by atoms with E-state index in [0.717, 1.165) is 30.6 Å². The van der Waals surface area contributed by atoms with Crippen molar-refractivity contribution in [2.45, 2.75) is 26.2 Å². The first-order valence-electron chi connectivity index (χ1n) is 8.57. The third kappa shape index (κ3) is 3.65. The predicted octanol–water partition coefficient (Wildman–Crippen LogP) is 2.16. The summed E-state index contributed by atoms with van der Waals surface area (Å²) in [7, 11) is 0. The fraction of sp³-hybridized carbons (Fsp3) is 0.389. The molecule has 1 aromatic carbocycles. The van der Waals surface area contributed by atoms with Crippen molar-refractivity contribution in [3.05, 3.63) is 42.2 Å². The van der Waals surface area contributed by atoms with Crippen LogP contribution in [0.1, 0.15) is 25.5 Å². The number of nitrogens with one attached hydrogen (secondary N) is 1. The van der Waals surface area contributed by atoms with Crippen LogP contribution in [-0.4, -0.2) is 39.7 Å². The van der Waals surface area contributed by atoms with Crippen molar-refractivity contribution in [2.24, 2.45) is 11.7 Å². The van der Waals surface area contributed by atoms with E-state index in [4.69, 9.17) is 5.73 Å². The number of nitrogens with zero attached hydrogens (tertiary/aromatic N) is 3. The number of urea groups is 1. The number of hydrogen-bond acceptors (Lipinski definition) is 3. The number of carbonyl (C=O) groups excluding carboxylic acids is 2.